The minimum Gasteiger partial charge on any atom is -0.383 e. The van der Waals surface area contributed by atoms with Crippen molar-refractivity contribution in [2.45, 2.75) is 6.42 Å². The number of halogens is 1. The van der Waals surface area contributed by atoms with E-state index in [1.54, 1.807) is 25.2 Å². The zero-order valence-electron chi connectivity index (χ0n) is 10.2. The molecular formula is C13H13FN2O2. The van der Waals surface area contributed by atoms with E-state index in [-0.39, 0.29) is 23.7 Å². The largest absolute Gasteiger partial charge is 0.383 e. The topological polar surface area (TPSA) is 49.4 Å². The predicted molar refractivity (Wildman–Crippen MR) is 65.7 cm³/mol. The maximum Gasteiger partial charge on any atom is 0.229 e. The number of hydrogen-bond donors (Lipinski definition) is 1. The summed E-state index contributed by atoms with van der Waals surface area (Å²) < 4.78 is 13.2. The molecule has 0 atom stereocenters. The molecule has 0 fully saturated rings. The highest BCUT2D eigenvalue weighted by Gasteiger charge is 2.24. The van der Waals surface area contributed by atoms with Crippen molar-refractivity contribution in [1.82, 2.24) is 4.90 Å². The molecule has 0 spiro atoms. The molecule has 0 radical (unpaired) electrons. The molecule has 1 aliphatic heterocycles. The van der Waals surface area contributed by atoms with Crippen LogP contribution in [0.3, 0.4) is 0 Å². The third-order valence-electron chi connectivity index (χ3n) is 2.56. The molecule has 2 rings (SSSR count). The standard InChI is InChI=1S/C13H13FN2O2/c1-16(2)7-8-5-12(17)15-11-4-3-9(14)6-10(11)13(8)18/h3-4,6-7H,5H2,1-2H3,(H,15,17). The van der Waals surface area contributed by atoms with Crippen molar-refractivity contribution >= 4 is 17.4 Å². The highest BCUT2D eigenvalue weighted by atomic mass is 19.1. The van der Waals surface area contributed by atoms with Gasteiger partial charge in [0.15, 0.2) is 5.78 Å². The molecule has 0 aromatic heterocycles. The van der Waals surface area contributed by atoms with E-state index < -0.39 is 5.82 Å². The van der Waals surface area contributed by atoms with Gasteiger partial charge in [-0.15, -0.1) is 0 Å². The van der Waals surface area contributed by atoms with E-state index in [0.29, 0.717) is 11.3 Å². The van der Waals surface area contributed by atoms with Crippen LogP contribution in [0, 0.1) is 5.82 Å². The Kier molecular flexibility index (Phi) is 3.14. The summed E-state index contributed by atoms with van der Waals surface area (Å²) in [6.07, 6.45) is 1.58. The molecule has 0 saturated heterocycles. The second-order valence-corrected chi connectivity index (χ2v) is 4.36. The lowest BCUT2D eigenvalue weighted by Crippen LogP contribution is -2.12. The van der Waals surface area contributed by atoms with Gasteiger partial charge in [0.25, 0.3) is 0 Å². The number of rotatable bonds is 1. The van der Waals surface area contributed by atoms with Gasteiger partial charge in [-0.2, -0.15) is 0 Å². The van der Waals surface area contributed by atoms with Crippen molar-refractivity contribution in [1.29, 1.82) is 0 Å². The van der Waals surface area contributed by atoms with E-state index >= 15 is 0 Å². The number of amides is 1. The number of carbonyl (C=O) groups is 2. The molecule has 0 aliphatic carbocycles. The molecule has 5 heteroatoms. The third-order valence-corrected chi connectivity index (χ3v) is 2.56. The lowest BCUT2D eigenvalue weighted by atomic mass is 10.0. The fourth-order valence-electron chi connectivity index (χ4n) is 1.85. The Labute approximate surface area is 104 Å². The molecule has 1 aliphatic rings. The van der Waals surface area contributed by atoms with Crippen LogP contribution in [0.5, 0.6) is 0 Å². The molecule has 1 N–H and O–H groups in total. The summed E-state index contributed by atoms with van der Waals surface area (Å²) in [5.41, 5.74) is 0.893. The van der Waals surface area contributed by atoms with Crippen LogP contribution in [0.4, 0.5) is 10.1 Å². The molecule has 1 aromatic rings. The van der Waals surface area contributed by atoms with Crippen LogP contribution in [-0.2, 0) is 4.79 Å². The maximum atomic E-state index is 13.2. The Hall–Kier alpha value is -2.17. The first-order chi connectivity index (χ1) is 8.47. The van der Waals surface area contributed by atoms with Crippen molar-refractivity contribution in [3.63, 3.8) is 0 Å². The number of nitrogens with zero attached hydrogens (tertiary/aromatic N) is 1. The van der Waals surface area contributed by atoms with Gasteiger partial charge in [0.1, 0.15) is 5.82 Å². The normalized spacial score (nSPS) is 17.2. The van der Waals surface area contributed by atoms with Crippen LogP contribution >= 0.6 is 0 Å². The number of anilines is 1. The minimum absolute atomic E-state index is 0.00663. The lowest BCUT2D eigenvalue weighted by Gasteiger charge is -2.08. The van der Waals surface area contributed by atoms with Gasteiger partial charge < -0.3 is 10.2 Å². The van der Waals surface area contributed by atoms with Gasteiger partial charge in [-0.05, 0) is 18.2 Å². The Morgan fingerprint density at radius 1 is 1.33 bits per heavy atom. The number of Topliss-reactive ketones (excluding diaryl/α,β-unsaturated/α-hetero) is 1. The van der Waals surface area contributed by atoms with Gasteiger partial charge in [0.05, 0.1) is 12.1 Å². The van der Waals surface area contributed by atoms with Crippen molar-refractivity contribution in [2.24, 2.45) is 0 Å². The Balaban J connectivity index is 2.54. The molecule has 1 aromatic carbocycles. The molecule has 1 amide bonds. The number of hydrogen-bond acceptors (Lipinski definition) is 3. The predicted octanol–water partition coefficient (Wildman–Crippen LogP) is 1.80. The molecular weight excluding hydrogens is 235 g/mol. The molecule has 0 bridgehead atoms. The number of carbonyl (C=O) groups excluding carboxylic acids is 2. The fraction of sp³-hybridized carbons (Fsp3) is 0.231. The lowest BCUT2D eigenvalue weighted by molar-refractivity contribution is -0.115. The van der Waals surface area contributed by atoms with Gasteiger partial charge in [0, 0.05) is 31.4 Å². The molecule has 18 heavy (non-hydrogen) atoms. The van der Waals surface area contributed by atoms with Crippen LogP contribution in [-0.4, -0.2) is 30.7 Å². The quantitative estimate of drug-likeness (QED) is 0.771. The third kappa shape index (κ3) is 2.40. The smallest absolute Gasteiger partial charge is 0.229 e. The monoisotopic (exact) mass is 248 g/mol. The average Bonchev–Trinajstić information content (AvgIpc) is 2.38. The Bertz CT molecular complexity index is 550. The van der Waals surface area contributed by atoms with E-state index in [1.807, 2.05) is 0 Å². The van der Waals surface area contributed by atoms with Gasteiger partial charge in [-0.25, -0.2) is 4.39 Å². The fourth-order valence-corrected chi connectivity index (χ4v) is 1.85. The van der Waals surface area contributed by atoms with Crippen LogP contribution in [0.2, 0.25) is 0 Å². The van der Waals surface area contributed by atoms with Crippen LogP contribution in [0.1, 0.15) is 16.8 Å². The second kappa shape index (κ2) is 4.60. The number of benzene rings is 1. The summed E-state index contributed by atoms with van der Waals surface area (Å²) in [5, 5.41) is 2.60. The van der Waals surface area contributed by atoms with Crippen molar-refractivity contribution in [3.05, 3.63) is 41.4 Å². The first-order valence-electron chi connectivity index (χ1n) is 5.48. The number of nitrogens with one attached hydrogen (secondary N) is 1. The average molecular weight is 248 g/mol. The zero-order valence-corrected chi connectivity index (χ0v) is 10.2. The molecule has 0 saturated carbocycles. The summed E-state index contributed by atoms with van der Waals surface area (Å²) in [6, 6.07) is 3.76. The molecule has 4 nitrogen and oxygen atoms in total. The number of ketones is 1. The summed E-state index contributed by atoms with van der Waals surface area (Å²) >= 11 is 0. The highest BCUT2D eigenvalue weighted by molar-refractivity contribution is 6.18. The van der Waals surface area contributed by atoms with Gasteiger partial charge in [-0.3, -0.25) is 9.59 Å². The van der Waals surface area contributed by atoms with Gasteiger partial charge in [-0.1, -0.05) is 0 Å². The summed E-state index contributed by atoms with van der Waals surface area (Å²) in [5.74, 6) is -1.10. The van der Waals surface area contributed by atoms with E-state index in [4.69, 9.17) is 0 Å². The molecule has 94 valence electrons. The Morgan fingerprint density at radius 2 is 2.06 bits per heavy atom. The van der Waals surface area contributed by atoms with Crippen LogP contribution in [0.15, 0.2) is 30.0 Å². The molecule has 0 unspecified atom stereocenters. The molecule has 1 heterocycles. The first-order valence-corrected chi connectivity index (χ1v) is 5.48. The SMILES string of the molecule is CN(C)C=C1CC(=O)Nc2ccc(F)cc2C1=O. The maximum absolute atomic E-state index is 13.2. The summed E-state index contributed by atoms with van der Waals surface area (Å²) in [6.45, 7) is 0. The number of fused-ring (bicyclic) bond motifs is 1. The van der Waals surface area contributed by atoms with E-state index in [2.05, 4.69) is 5.32 Å². The van der Waals surface area contributed by atoms with Gasteiger partial charge >= 0.3 is 0 Å². The zero-order chi connectivity index (χ0) is 13.3. The van der Waals surface area contributed by atoms with E-state index in [0.717, 1.165) is 6.07 Å². The van der Waals surface area contributed by atoms with Crippen molar-refractivity contribution in [3.8, 4) is 0 Å². The van der Waals surface area contributed by atoms with E-state index in [1.165, 1.54) is 12.1 Å². The van der Waals surface area contributed by atoms with Crippen LogP contribution in [0.25, 0.3) is 0 Å². The minimum atomic E-state index is -0.498. The summed E-state index contributed by atoms with van der Waals surface area (Å²) in [4.78, 5) is 25.6. The van der Waals surface area contributed by atoms with Gasteiger partial charge in [0.2, 0.25) is 5.91 Å². The van der Waals surface area contributed by atoms with Crippen LogP contribution < -0.4 is 5.32 Å². The summed E-state index contributed by atoms with van der Waals surface area (Å²) in [7, 11) is 3.52. The van der Waals surface area contributed by atoms with Crippen molar-refractivity contribution < 1.29 is 14.0 Å². The van der Waals surface area contributed by atoms with E-state index in [9.17, 15) is 14.0 Å². The highest BCUT2D eigenvalue weighted by Crippen LogP contribution is 2.25. The Morgan fingerprint density at radius 3 is 2.72 bits per heavy atom. The second-order valence-electron chi connectivity index (χ2n) is 4.36. The van der Waals surface area contributed by atoms with Crippen molar-refractivity contribution in [2.75, 3.05) is 19.4 Å². The first kappa shape index (κ1) is 12.3.